The zero-order chi connectivity index (χ0) is 24.2. The van der Waals surface area contributed by atoms with Crippen molar-refractivity contribution in [1.82, 2.24) is 24.6 Å². The maximum atomic E-state index is 13.4. The smallest absolute Gasteiger partial charge is 0.270 e. The van der Waals surface area contributed by atoms with Crippen molar-refractivity contribution >= 4 is 34.3 Å². The van der Waals surface area contributed by atoms with Gasteiger partial charge in [0.05, 0.1) is 1.37 Å². The third-order valence-corrected chi connectivity index (χ3v) is 7.22. The number of H-pyrrole nitrogens is 1. The lowest BCUT2D eigenvalue weighted by molar-refractivity contribution is -0.134. The summed E-state index contributed by atoms with van der Waals surface area (Å²) < 4.78 is 8.49. The molecular weight excluding hydrogens is 438 g/mol. The molecule has 0 saturated carbocycles. The van der Waals surface area contributed by atoms with Gasteiger partial charge in [-0.15, -0.1) is 0 Å². The van der Waals surface area contributed by atoms with Crippen LogP contribution in [0.2, 0.25) is 5.02 Å². The van der Waals surface area contributed by atoms with Gasteiger partial charge in [-0.05, 0) is 63.6 Å². The number of carbonyl (C=O) groups is 2. The molecule has 2 fully saturated rings. The number of nitrogens with zero attached hydrogens (tertiary/aromatic N) is 4. The lowest BCUT2D eigenvalue weighted by Gasteiger charge is -2.42. The molecule has 2 aliphatic rings. The number of amides is 2. The van der Waals surface area contributed by atoms with Crippen LogP contribution in [0, 0.1) is 0 Å². The first kappa shape index (κ1) is 22.7. The zero-order valence-electron chi connectivity index (χ0n) is 20.8. The molecule has 2 aromatic rings. The molecule has 1 aromatic heterocycles. The number of likely N-dealkylation sites (tertiary alicyclic amines) is 1. The van der Waals surface area contributed by atoms with Crippen molar-refractivity contribution < 1.29 is 11.0 Å². The van der Waals surface area contributed by atoms with E-state index in [0.29, 0.717) is 41.6 Å². The third-order valence-electron chi connectivity index (χ3n) is 6.98. The molecule has 0 radical (unpaired) electrons. The van der Waals surface area contributed by atoms with Crippen LogP contribution < -0.4 is 0 Å². The number of nitrogens with one attached hydrogen (secondary N) is 1. The SMILES string of the molecule is [2H]c1c(C(=O)N(CCCC)CC(=O)N2CCN(C3CCN(C)CC3)CC2)[nH]c2ccc(Cl)cc12. The summed E-state index contributed by atoms with van der Waals surface area (Å²) in [5, 5.41) is 1.14. The molecule has 1 N–H and O–H groups in total. The maximum Gasteiger partial charge on any atom is 0.270 e. The zero-order valence-corrected chi connectivity index (χ0v) is 20.5. The van der Waals surface area contributed by atoms with Crippen molar-refractivity contribution in [2.24, 2.45) is 0 Å². The highest BCUT2D eigenvalue weighted by Crippen LogP contribution is 2.21. The van der Waals surface area contributed by atoms with Gasteiger partial charge in [0, 0.05) is 54.7 Å². The Labute approximate surface area is 203 Å². The Balaban J connectivity index is 1.40. The number of unbranched alkanes of at least 4 members (excludes halogenated alkanes) is 1. The Bertz CT molecular complexity index is 1010. The van der Waals surface area contributed by atoms with Gasteiger partial charge in [-0.3, -0.25) is 14.5 Å². The summed E-state index contributed by atoms with van der Waals surface area (Å²) in [6, 6.07) is 5.94. The molecule has 2 amide bonds. The van der Waals surface area contributed by atoms with E-state index in [1.807, 2.05) is 4.90 Å². The highest BCUT2D eigenvalue weighted by Gasteiger charge is 2.29. The third kappa shape index (κ3) is 5.89. The predicted octanol–water partition coefficient (Wildman–Crippen LogP) is 3.30. The summed E-state index contributed by atoms with van der Waals surface area (Å²) in [4.78, 5) is 38.0. The molecule has 3 heterocycles. The highest BCUT2D eigenvalue weighted by atomic mass is 35.5. The van der Waals surface area contributed by atoms with Crippen molar-refractivity contribution in [1.29, 1.82) is 0 Å². The first-order valence-electron chi connectivity index (χ1n) is 12.6. The number of rotatable bonds is 7. The van der Waals surface area contributed by atoms with Gasteiger partial charge in [0.1, 0.15) is 12.2 Å². The maximum absolute atomic E-state index is 13.4. The molecule has 2 aliphatic heterocycles. The molecule has 0 aliphatic carbocycles. The van der Waals surface area contributed by atoms with Gasteiger partial charge < -0.3 is 19.7 Å². The first-order valence-corrected chi connectivity index (χ1v) is 12.5. The molecule has 4 rings (SSSR count). The normalized spacial score (nSPS) is 19.1. The van der Waals surface area contributed by atoms with Crippen molar-refractivity contribution in [3.8, 4) is 0 Å². The predicted molar refractivity (Wildman–Crippen MR) is 133 cm³/mol. The van der Waals surface area contributed by atoms with Gasteiger partial charge in [-0.25, -0.2) is 0 Å². The fourth-order valence-electron chi connectivity index (χ4n) is 4.86. The van der Waals surface area contributed by atoms with Crippen molar-refractivity contribution in [2.75, 3.05) is 59.4 Å². The summed E-state index contributed by atoms with van der Waals surface area (Å²) in [6.07, 6.45) is 4.11. The van der Waals surface area contributed by atoms with Crippen molar-refractivity contribution in [2.45, 2.75) is 38.6 Å². The van der Waals surface area contributed by atoms with Crippen LogP contribution in [0.5, 0.6) is 0 Å². The average molecular weight is 475 g/mol. The lowest BCUT2D eigenvalue weighted by Crippen LogP contribution is -2.55. The van der Waals surface area contributed by atoms with Crippen LogP contribution in [-0.4, -0.2) is 102 Å². The van der Waals surface area contributed by atoms with E-state index in [0.717, 1.165) is 39.0 Å². The highest BCUT2D eigenvalue weighted by molar-refractivity contribution is 6.31. The van der Waals surface area contributed by atoms with Crippen LogP contribution >= 0.6 is 11.6 Å². The minimum absolute atomic E-state index is 0.0156. The molecular formula is C25H36ClN5O2. The quantitative estimate of drug-likeness (QED) is 0.668. The second-order valence-corrected chi connectivity index (χ2v) is 9.78. The van der Waals surface area contributed by atoms with Gasteiger partial charge in [-0.2, -0.15) is 0 Å². The summed E-state index contributed by atoms with van der Waals surface area (Å²) in [5.74, 6) is -0.317. The fraction of sp³-hybridized carbons (Fsp3) is 0.600. The molecule has 1 aromatic carbocycles. The molecule has 0 spiro atoms. The van der Waals surface area contributed by atoms with Gasteiger partial charge >= 0.3 is 0 Å². The lowest BCUT2D eigenvalue weighted by atomic mass is 10.0. The number of halogens is 1. The standard InChI is InChI=1S/C25H36ClN5O2/c1-3-4-9-31(25(33)23-17-19-16-20(26)5-6-22(19)27-23)18-24(32)30-14-12-29(13-15-30)21-7-10-28(2)11-8-21/h5-6,16-17,21,27H,3-4,7-15,18H2,1-2H3/i17D. The molecule has 0 atom stereocenters. The second kappa shape index (κ2) is 10.9. The van der Waals surface area contributed by atoms with E-state index in [1.54, 1.807) is 23.1 Å². The number of benzene rings is 1. The van der Waals surface area contributed by atoms with Crippen molar-refractivity contribution in [3.63, 3.8) is 0 Å². The number of fused-ring (bicyclic) bond motifs is 1. The number of hydrogen-bond donors (Lipinski definition) is 1. The molecule has 2 saturated heterocycles. The average Bonchev–Trinajstić information content (AvgIpc) is 3.17. The van der Waals surface area contributed by atoms with E-state index in [9.17, 15) is 9.59 Å². The van der Waals surface area contributed by atoms with E-state index in [-0.39, 0.29) is 30.1 Å². The van der Waals surface area contributed by atoms with Gasteiger partial charge in [0.15, 0.2) is 0 Å². The van der Waals surface area contributed by atoms with Crippen molar-refractivity contribution in [3.05, 3.63) is 35.0 Å². The Hall–Kier alpha value is -2.09. The molecule has 33 heavy (non-hydrogen) atoms. The molecule has 7 nitrogen and oxygen atoms in total. The van der Waals surface area contributed by atoms with Crippen LogP contribution in [0.4, 0.5) is 0 Å². The number of piperazine rings is 1. The van der Waals surface area contributed by atoms with E-state index < -0.39 is 0 Å². The van der Waals surface area contributed by atoms with Crippen LogP contribution in [0.3, 0.4) is 0 Å². The van der Waals surface area contributed by atoms with E-state index >= 15 is 0 Å². The Morgan fingerprint density at radius 1 is 1.18 bits per heavy atom. The van der Waals surface area contributed by atoms with E-state index in [2.05, 4.69) is 28.8 Å². The largest absolute Gasteiger partial charge is 0.351 e. The van der Waals surface area contributed by atoms with E-state index in [4.69, 9.17) is 13.0 Å². The minimum Gasteiger partial charge on any atom is -0.351 e. The Morgan fingerprint density at radius 2 is 1.91 bits per heavy atom. The summed E-state index contributed by atoms with van der Waals surface area (Å²) in [7, 11) is 2.17. The molecule has 0 unspecified atom stereocenters. The van der Waals surface area contributed by atoms with Crippen LogP contribution in [-0.2, 0) is 4.79 Å². The Kier molecular flexibility index (Phi) is 7.49. The number of aromatic nitrogens is 1. The first-order chi connectivity index (χ1) is 16.4. The van der Waals surface area contributed by atoms with Gasteiger partial charge in [-0.1, -0.05) is 24.9 Å². The Morgan fingerprint density at radius 3 is 2.61 bits per heavy atom. The second-order valence-electron chi connectivity index (χ2n) is 9.35. The van der Waals surface area contributed by atoms with Gasteiger partial charge in [0.25, 0.3) is 5.91 Å². The molecule has 0 bridgehead atoms. The summed E-state index contributed by atoms with van der Waals surface area (Å²) in [6.45, 7) is 8.06. The van der Waals surface area contributed by atoms with Gasteiger partial charge in [0.2, 0.25) is 5.91 Å². The molecule has 8 heteroatoms. The van der Waals surface area contributed by atoms with Crippen LogP contribution in [0.15, 0.2) is 24.2 Å². The fourth-order valence-corrected chi connectivity index (χ4v) is 5.03. The van der Waals surface area contributed by atoms with Crippen LogP contribution in [0.25, 0.3) is 10.9 Å². The monoisotopic (exact) mass is 474 g/mol. The summed E-state index contributed by atoms with van der Waals surface area (Å²) in [5.41, 5.74) is 0.915. The number of hydrogen-bond acceptors (Lipinski definition) is 4. The number of carbonyl (C=O) groups excluding carboxylic acids is 2. The minimum atomic E-state index is -0.302. The van der Waals surface area contributed by atoms with E-state index in [1.165, 1.54) is 12.8 Å². The van der Waals surface area contributed by atoms with Crippen LogP contribution in [0.1, 0.15) is 44.5 Å². The number of aromatic amines is 1. The topological polar surface area (TPSA) is 62.9 Å². The number of piperidine rings is 1. The summed E-state index contributed by atoms with van der Waals surface area (Å²) >= 11 is 6.08. The molecule has 180 valence electrons.